The van der Waals surface area contributed by atoms with Gasteiger partial charge in [-0.15, -0.1) is 11.3 Å². The summed E-state index contributed by atoms with van der Waals surface area (Å²) >= 11 is 1.72. The van der Waals surface area contributed by atoms with Gasteiger partial charge in [0, 0.05) is 44.9 Å². The zero-order valence-electron chi connectivity index (χ0n) is 18.1. The van der Waals surface area contributed by atoms with Crippen LogP contribution in [0.2, 0.25) is 0 Å². The number of aliphatic hydroxyl groups is 2. The minimum atomic E-state index is -0.188. The molecule has 32 heavy (non-hydrogen) atoms. The van der Waals surface area contributed by atoms with Crippen molar-refractivity contribution in [2.45, 2.75) is 12.5 Å². The molecule has 2 heterocycles. The molecule has 1 atom stereocenters. The Morgan fingerprint density at radius 3 is 2.78 bits per heavy atom. The van der Waals surface area contributed by atoms with Crippen LogP contribution < -0.4 is 39.6 Å². The van der Waals surface area contributed by atoms with Crippen molar-refractivity contribution in [1.29, 1.82) is 0 Å². The van der Waals surface area contributed by atoms with Crippen molar-refractivity contribution in [3.8, 4) is 10.6 Å². The lowest BCUT2D eigenvalue weighted by Crippen LogP contribution is -3.00. The number of nitrogens with zero attached hydrogens (tertiary/aromatic N) is 2. The first-order valence-corrected chi connectivity index (χ1v) is 11.7. The predicted molar refractivity (Wildman–Crippen MR) is 122 cm³/mol. The highest BCUT2D eigenvalue weighted by molar-refractivity contribution is 7.21. The second-order valence-electron chi connectivity index (χ2n) is 7.77. The number of H-pyrrole nitrogens is 1. The van der Waals surface area contributed by atoms with Crippen LogP contribution in [-0.2, 0) is 4.74 Å². The first-order valence-electron chi connectivity index (χ1n) is 10.9. The van der Waals surface area contributed by atoms with Gasteiger partial charge in [-0.25, -0.2) is 4.98 Å². The molecule has 4 N–H and O–H groups in total. The van der Waals surface area contributed by atoms with Crippen molar-refractivity contribution >= 4 is 21.6 Å². The van der Waals surface area contributed by atoms with Crippen LogP contribution in [0.5, 0.6) is 0 Å². The summed E-state index contributed by atoms with van der Waals surface area (Å²) in [7, 11) is 0. The third-order valence-corrected chi connectivity index (χ3v) is 6.69. The lowest BCUT2D eigenvalue weighted by Gasteiger charge is -2.26. The Morgan fingerprint density at radius 1 is 1.16 bits per heavy atom. The highest BCUT2D eigenvalue weighted by atomic mass is 127. The second kappa shape index (κ2) is 12.9. The SMILES string of the molecule is OCCNC(CO)c1ccc2[nH+]c3ccc(=NCCCN4CCOCC4)cc-3sc2c1.[I-]. The Kier molecular flexibility index (Phi) is 10.2. The van der Waals surface area contributed by atoms with E-state index < -0.39 is 0 Å². The summed E-state index contributed by atoms with van der Waals surface area (Å²) in [6.07, 6.45) is 1.05. The number of aromatic nitrogens is 1. The van der Waals surface area contributed by atoms with E-state index in [1.54, 1.807) is 11.3 Å². The van der Waals surface area contributed by atoms with Gasteiger partial charge in [-0.05, 0) is 30.2 Å². The van der Waals surface area contributed by atoms with E-state index in [1.807, 2.05) is 12.1 Å². The van der Waals surface area contributed by atoms with Gasteiger partial charge in [0.15, 0.2) is 0 Å². The van der Waals surface area contributed by atoms with Crippen LogP contribution >= 0.6 is 11.3 Å². The molecule has 2 aliphatic heterocycles. The van der Waals surface area contributed by atoms with Crippen LogP contribution in [0.4, 0.5) is 0 Å². The summed E-state index contributed by atoms with van der Waals surface area (Å²) in [4.78, 5) is 11.9. The fraction of sp³-hybridized carbons (Fsp3) is 0.478. The maximum Gasteiger partial charge on any atom is 0.221 e. The van der Waals surface area contributed by atoms with Crippen LogP contribution in [0.1, 0.15) is 18.0 Å². The summed E-state index contributed by atoms with van der Waals surface area (Å²) in [5, 5.41) is 22.9. The first kappa shape index (κ1) is 25.4. The summed E-state index contributed by atoms with van der Waals surface area (Å²) < 4.78 is 6.52. The topological polar surface area (TPSA) is 91.5 Å². The fourth-order valence-corrected chi connectivity index (χ4v) is 4.93. The molecule has 0 aromatic heterocycles. The molecule has 7 nitrogen and oxygen atoms in total. The smallest absolute Gasteiger partial charge is 0.221 e. The summed E-state index contributed by atoms with van der Waals surface area (Å²) in [5.74, 6) is 0. The van der Waals surface area contributed by atoms with Gasteiger partial charge in [0.25, 0.3) is 0 Å². The lowest BCUT2D eigenvalue weighted by atomic mass is 10.1. The highest BCUT2D eigenvalue weighted by Gasteiger charge is 2.16. The van der Waals surface area contributed by atoms with Gasteiger partial charge in [-0.2, -0.15) is 0 Å². The Bertz CT molecular complexity index is 1030. The highest BCUT2D eigenvalue weighted by Crippen LogP contribution is 2.28. The molecule has 1 aromatic rings. The van der Waals surface area contributed by atoms with E-state index in [-0.39, 0.29) is 43.2 Å². The van der Waals surface area contributed by atoms with Crippen molar-refractivity contribution in [2.75, 3.05) is 59.2 Å². The second-order valence-corrected chi connectivity index (χ2v) is 8.85. The van der Waals surface area contributed by atoms with E-state index >= 15 is 0 Å². The average Bonchev–Trinajstić information content (AvgIpc) is 2.81. The number of morpholine rings is 1. The van der Waals surface area contributed by atoms with Crippen LogP contribution in [0.3, 0.4) is 0 Å². The molecule has 174 valence electrons. The van der Waals surface area contributed by atoms with Gasteiger partial charge < -0.3 is 44.2 Å². The van der Waals surface area contributed by atoms with Crippen molar-refractivity contribution in [3.63, 3.8) is 0 Å². The Labute approximate surface area is 209 Å². The Morgan fingerprint density at radius 2 is 2.00 bits per heavy atom. The van der Waals surface area contributed by atoms with Crippen LogP contribution in [-0.4, -0.2) is 74.3 Å². The maximum atomic E-state index is 9.70. The summed E-state index contributed by atoms with van der Waals surface area (Å²) in [6, 6.07) is 12.3. The molecule has 0 amide bonds. The third kappa shape index (κ3) is 6.66. The average molecular weight is 570 g/mol. The number of nitrogens with one attached hydrogen (secondary N) is 2. The number of halogens is 1. The zero-order chi connectivity index (χ0) is 21.5. The van der Waals surface area contributed by atoms with Crippen LogP contribution in [0.15, 0.2) is 41.4 Å². The molecule has 1 aliphatic carbocycles. The molecule has 1 aromatic carbocycles. The largest absolute Gasteiger partial charge is 1.00 e. The zero-order valence-corrected chi connectivity index (χ0v) is 21.1. The van der Waals surface area contributed by atoms with E-state index in [0.717, 1.165) is 77.5 Å². The molecule has 3 aliphatic rings. The molecule has 0 spiro atoms. The van der Waals surface area contributed by atoms with Gasteiger partial charge in [-0.1, -0.05) is 6.07 Å². The van der Waals surface area contributed by atoms with E-state index in [9.17, 15) is 5.11 Å². The first-order chi connectivity index (χ1) is 15.3. The summed E-state index contributed by atoms with van der Waals surface area (Å²) in [5.41, 5.74) is 3.17. The number of aromatic amines is 1. The quantitative estimate of drug-likeness (QED) is 0.158. The third-order valence-electron chi connectivity index (χ3n) is 5.58. The number of ether oxygens (including phenoxy) is 1. The van der Waals surface area contributed by atoms with Gasteiger partial charge in [0.1, 0.15) is 4.88 Å². The normalized spacial score (nSPS) is 16.4. The monoisotopic (exact) mass is 570 g/mol. The Hall–Kier alpha value is -1.21. The molecule has 0 bridgehead atoms. The van der Waals surface area contributed by atoms with E-state index in [0.29, 0.717) is 6.54 Å². The van der Waals surface area contributed by atoms with Gasteiger partial charge >= 0.3 is 0 Å². The molecular formula is C23H31IN4O3S. The standard InChI is InChI=1S/C23H30N4O3S.HI/c28-11-7-25-21(16-29)17-2-4-19-22(14-17)31-23-15-18(3-5-20(23)26-19)24-6-1-8-27-9-12-30-13-10-27;/h2-5,14-15,21,25,28-29H,1,6-13,16H2;1H. The number of aliphatic hydroxyl groups excluding tert-OH is 2. The van der Waals surface area contributed by atoms with Gasteiger partial charge in [0.05, 0.1) is 42.5 Å². The van der Waals surface area contributed by atoms with Crippen molar-refractivity contribution < 1.29 is 43.9 Å². The minimum Gasteiger partial charge on any atom is -1.00 e. The number of fused-ring (bicyclic) bond motifs is 2. The van der Waals surface area contributed by atoms with Gasteiger partial charge in [-0.3, -0.25) is 9.89 Å². The molecule has 1 unspecified atom stereocenters. The number of rotatable bonds is 9. The van der Waals surface area contributed by atoms with E-state index in [4.69, 9.17) is 14.8 Å². The molecule has 0 saturated carbocycles. The molecule has 1 saturated heterocycles. The Balaban J connectivity index is 0.00000289. The number of hydrogen-bond acceptors (Lipinski definition) is 7. The lowest BCUT2D eigenvalue weighted by molar-refractivity contribution is -0.330. The van der Waals surface area contributed by atoms with Crippen molar-refractivity contribution in [3.05, 3.63) is 47.3 Å². The van der Waals surface area contributed by atoms with Crippen LogP contribution in [0.25, 0.3) is 20.8 Å². The van der Waals surface area contributed by atoms with Crippen molar-refractivity contribution in [2.24, 2.45) is 4.99 Å². The number of hydrogen-bond donors (Lipinski definition) is 3. The van der Waals surface area contributed by atoms with E-state index in [2.05, 4.69) is 39.5 Å². The molecular weight excluding hydrogens is 539 g/mol. The minimum absolute atomic E-state index is 0. The summed E-state index contributed by atoms with van der Waals surface area (Å²) in [6.45, 7) is 6.10. The van der Waals surface area contributed by atoms with Crippen LogP contribution in [0, 0.1) is 0 Å². The number of benzene rings is 2. The van der Waals surface area contributed by atoms with Crippen molar-refractivity contribution in [1.82, 2.24) is 10.2 Å². The van der Waals surface area contributed by atoms with E-state index in [1.165, 1.54) is 0 Å². The molecule has 9 heteroatoms. The maximum absolute atomic E-state index is 9.70. The molecule has 4 rings (SSSR count). The molecule has 1 fully saturated rings. The predicted octanol–water partition coefficient (Wildman–Crippen LogP) is -1.94. The molecule has 0 radical (unpaired) electrons. The fourth-order valence-electron chi connectivity index (χ4n) is 3.86. The van der Waals surface area contributed by atoms with Gasteiger partial charge in [0.2, 0.25) is 11.2 Å².